The Morgan fingerprint density at radius 1 is 1.15 bits per heavy atom. The van der Waals surface area contributed by atoms with Crippen LogP contribution >= 0.6 is 0 Å². The van der Waals surface area contributed by atoms with Crippen molar-refractivity contribution in [2.75, 3.05) is 6.61 Å². The van der Waals surface area contributed by atoms with Gasteiger partial charge in [0.1, 0.15) is 5.72 Å². The van der Waals surface area contributed by atoms with E-state index in [4.69, 9.17) is 4.74 Å². The number of aryl methyl sites for hydroxylation is 1. The second-order valence-corrected chi connectivity index (χ2v) is 8.79. The standard InChI is InChI=1S/C21H29NO4/c1-14-5-7-15(8-6-14)18(23)22-17(19(24)25)13-26-21(22)11-9-16(10-12-21)20(2,3)4/h5-8,16-17H,9-13H2,1-4H3,(H,24,25)/t16?,17-,21?/m0/s1. The molecule has 26 heavy (non-hydrogen) atoms. The molecule has 1 aromatic rings. The summed E-state index contributed by atoms with van der Waals surface area (Å²) >= 11 is 0. The van der Waals surface area contributed by atoms with E-state index in [-0.39, 0.29) is 17.9 Å². The number of ether oxygens (including phenoxy) is 1. The minimum atomic E-state index is -1.000. The molecule has 3 rings (SSSR count). The van der Waals surface area contributed by atoms with E-state index in [1.54, 1.807) is 12.1 Å². The number of carboxylic acids is 1. The van der Waals surface area contributed by atoms with Crippen molar-refractivity contribution >= 4 is 11.9 Å². The molecule has 0 radical (unpaired) electrons. The zero-order valence-corrected chi connectivity index (χ0v) is 16.1. The van der Waals surface area contributed by atoms with Crippen molar-refractivity contribution in [2.45, 2.75) is 65.1 Å². The molecule has 5 nitrogen and oxygen atoms in total. The van der Waals surface area contributed by atoms with Crippen LogP contribution in [0, 0.1) is 18.3 Å². The third-order valence-corrected chi connectivity index (χ3v) is 6.05. The van der Waals surface area contributed by atoms with E-state index < -0.39 is 17.7 Å². The van der Waals surface area contributed by atoms with Crippen LogP contribution in [0.5, 0.6) is 0 Å². The second-order valence-electron chi connectivity index (χ2n) is 8.79. The molecular weight excluding hydrogens is 330 g/mol. The van der Waals surface area contributed by atoms with Crippen LogP contribution in [0.2, 0.25) is 0 Å². The highest BCUT2D eigenvalue weighted by atomic mass is 16.5. The summed E-state index contributed by atoms with van der Waals surface area (Å²) in [4.78, 5) is 26.5. The molecule has 0 unspecified atom stereocenters. The van der Waals surface area contributed by atoms with Gasteiger partial charge in [0.05, 0.1) is 6.61 Å². The number of aliphatic carboxylic acids is 1. The summed E-state index contributed by atoms with van der Waals surface area (Å²) in [5, 5.41) is 9.64. The third kappa shape index (κ3) is 3.37. The SMILES string of the molecule is Cc1ccc(C(=O)N2[C@H](C(=O)O)COC23CCC(C(C)(C)C)CC3)cc1. The molecule has 1 heterocycles. The van der Waals surface area contributed by atoms with Gasteiger partial charge in [-0.15, -0.1) is 0 Å². The lowest BCUT2D eigenvalue weighted by Crippen LogP contribution is -2.55. The van der Waals surface area contributed by atoms with Crippen LogP contribution in [0.15, 0.2) is 24.3 Å². The molecule has 1 aromatic carbocycles. The molecule has 1 spiro atoms. The molecular formula is C21H29NO4. The summed E-state index contributed by atoms with van der Waals surface area (Å²) in [6.07, 6.45) is 3.26. The zero-order chi connectivity index (χ0) is 19.1. The number of rotatable bonds is 2. The molecule has 0 aromatic heterocycles. The number of hydrogen-bond donors (Lipinski definition) is 1. The molecule has 2 aliphatic rings. The lowest BCUT2D eigenvalue weighted by Gasteiger charge is -2.46. The van der Waals surface area contributed by atoms with E-state index in [1.165, 1.54) is 4.90 Å². The number of carbonyl (C=O) groups is 2. The molecule has 1 aliphatic heterocycles. The highest BCUT2D eigenvalue weighted by molar-refractivity contribution is 5.97. The Balaban J connectivity index is 1.89. The Kier molecular flexibility index (Phi) is 4.86. The highest BCUT2D eigenvalue weighted by Crippen LogP contribution is 2.47. The van der Waals surface area contributed by atoms with Gasteiger partial charge in [-0.3, -0.25) is 9.69 Å². The lowest BCUT2D eigenvalue weighted by molar-refractivity contribution is -0.144. The van der Waals surface area contributed by atoms with Gasteiger partial charge in [-0.05, 0) is 56.1 Å². The fourth-order valence-electron chi connectivity index (χ4n) is 4.33. The summed E-state index contributed by atoms with van der Waals surface area (Å²) in [6.45, 7) is 8.73. The van der Waals surface area contributed by atoms with Crippen LogP contribution in [-0.2, 0) is 9.53 Å². The Morgan fingerprint density at radius 2 is 1.73 bits per heavy atom. The Hall–Kier alpha value is -1.88. The fraction of sp³-hybridized carbons (Fsp3) is 0.619. The molecule has 1 saturated carbocycles. The monoisotopic (exact) mass is 359 g/mol. The van der Waals surface area contributed by atoms with Gasteiger partial charge >= 0.3 is 5.97 Å². The predicted molar refractivity (Wildman–Crippen MR) is 98.9 cm³/mol. The smallest absolute Gasteiger partial charge is 0.328 e. The first-order valence-corrected chi connectivity index (χ1v) is 9.41. The largest absolute Gasteiger partial charge is 0.480 e. The van der Waals surface area contributed by atoms with Gasteiger partial charge in [-0.1, -0.05) is 38.5 Å². The number of carbonyl (C=O) groups excluding carboxylic acids is 1. The normalized spacial score (nSPS) is 29.2. The Labute approximate surface area is 155 Å². The van der Waals surface area contributed by atoms with Crippen molar-refractivity contribution in [2.24, 2.45) is 11.3 Å². The summed E-state index contributed by atoms with van der Waals surface area (Å²) < 4.78 is 6.02. The average molecular weight is 359 g/mol. The number of carboxylic acid groups (broad SMARTS) is 1. The van der Waals surface area contributed by atoms with E-state index >= 15 is 0 Å². The lowest BCUT2D eigenvalue weighted by atomic mass is 9.70. The second kappa shape index (κ2) is 6.69. The minimum absolute atomic E-state index is 0.0626. The predicted octanol–water partition coefficient (Wildman–Crippen LogP) is 3.85. The first kappa shape index (κ1) is 18.9. The first-order valence-electron chi connectivity index (χ1n) is 9.41. The van der Waals surface area contributed by atoms with Gasteiger partial charge in [0.2, 0.25) is 0 Å². The molecule has 1 amide bonds. The summed E-state index contributed by atoms with van der Waals surface area (Å²) in [6, 6.07) is 6.37. The van der Waals surface area contributed by atoms with Crippen molar-refractivity contribution in [3.8, 4) is 0 Å². The summed E-state index contributed by atoms with van der Waals surface area (Å²) in [5.41, 5.74) is 1.00. The van der Waals surface area contributed by atoms with Crippen LogP contribution in [-0.4, -0.2) is 40.3 Å². The van der Waals surface area contributed by atoms with E-state index in [1.807, 2.05) is 19.1 Å². The molecule has 5 heteroatoms. The van der Waals surface area contributed by atoms with Gasteiger partial charge in [-0.2, -0.15) is 0 Å². The fourth-order valence-corrected chi connectivity index (χ4v) is 4.33. The van der Waals surface area contributed by atoms with Gasteiger partial charge in [0, 0.05) is 5.56 Å². The number of hydrogen-bond acceptors (Lipinski definition) is 3. The van der Waals surface area contributed by atoms with Crippen molar-refractivity contribution < 1.29 is 19.4 Å². The zero-order valence-electron chi connectivity index (χ0n) is 16.1. The minimum Gasteiger partial charge on any atom is -0.480 e. The van der Waals surface area contributed by atoms with Crippen LogP contribution < -0.4 is 0 Å². The van der Waals surface area contributed by atoms with Gasteiger partial charge in [-0.25, -0.2) is 4.79 Å². The van der Waals surface area contributed by atoms with Crippen LogP contribution in [0.3, 0.4) is 0 Å². The topological polar surface area (TPSA) is 66.8 Å². The van der Waals surface area contributed by atoms with Crippen molar-refractivity contribution in [3.05, 3.63) is 35.4 Å². The van der Waals surface area contributed by atoms with Gasteiger partial charge < -0.3 is 9.84 Å². The van der Waals surface area contributed by atoms with Crippen LogP contribution in [0.1, 0.15) is 62.4 Å². The van der Waals surface area contributed by atoms with Crippen LogP contribution in [0.25, 0.3) is 0 Å². The molecule has 1 atom stereocenters. The molecule has 1 N–H and O–H groups in total. The van der Waals surface area contributed by atoms with E-state index in [0.29, 0.717) is 24.3 Å². The van der Waals surface area contributed by atoms with Gasteiger partial charge in [0.25, 0.3) is 5.91 Å². The average Bonchev–Trinajstić information content (AvgIpc) is 2.93. The maximum atomic E-state index is 13.2. The molecule has 142 valence electrons. The van der Waals surface area contributed by atoms with Crippen LogP contribution in [0.4, 0.5) is 0 Å². The van der Waals surface area contributed by atoms with E-state index in [2.05, 4.69) is 20.8 Å². The van der Waals surface area contributed by atoms with Crippen molar-refractivity contribution in [3.63, 3.8) is 0 Å². The first-order chi connectivity index (χ1) is 12.1. The number of amides is 1. The Bertz CT molecular complexity index is 681. The number of nitrogens with zero attached hydrogens (tertiary/aromatic N) is 1. The molecule has 1 saturated heterocycles. The highest BCUT2D eigenvalue weighted by Gasteiger charge is 2.54. The van der Waals surface area contributed by atoms with E-state index in [0.717, 1.165) is 18.4 Å². The summed E-state index contributed by atoms with van der Waals surface area (Å²) in [7, 11) is 0. The van der Waals surface area contributed by atoms with Gasteiger partial charge in [0.15, 0.2) is 6.04 Å². The summed E-state index contributed by atoms with van der Waals surface area (Å²) in [5.74, 6) is -0.693. The third-order valence-electron chi connectivity index (χ3n) is 6.05. The Morgan fingerprint density at radius 3 is 2.23 bits per heavy atom. The molecule has 0 bridgehead atoms. The maximum absolute atomic E-state index is 13.2. The molecule has 1 aliphatic carbocycles. The van der Waals surface area contributed by atoms with E-state index in [9.17, 15) is 14.7 Å². The quantitative estimate of drug-likeness (QED) is 0.871. The maximum Gasteiger partial charge on any atom is 0.328 e. The van der Waals surface area contributed by atoms with Crippen molar-refractivity contribution in [1.82, 2.24) is 4.90 Å². The number of benzene rings is 1. The van der Waals surface area contributed by atoms with Crippen molar-refractivity contribution in [1.29, 1.82) is 0 Å². The molecule has 2 fully saturated rings.